The molecule has 2 aliphatic heterocycles. The molecule has 8 heteroatoms. The molecular weight excluding hydrogens is 357 g/mol. The first-order valence-corrected chi connectivity index (χ1v) is 10.1. The Morgan fingerprint density at radius 2 is 1.93 bits per heavy atom. The minimum atomic E-state index is -4.09. The van der Waals surface area contributed by atoms with E-state index in [1.165, 1.54) is 4.90 Å². The van der Waals surface area contributed by atoms with E-state index in [0.717, 1.165) is 44.8 Å². The summed E-state index contributed by atoms with van der Waals surface area (Å²) in [7, 11) is 1.78. The number of hydrogen-bond acceptors (Lipinski definition) is 3. The molecule has 1 saturated carbocycles. The standard InChI is InChI=1S/C19H33F3N4O/c1-18(2)15(14-7-11-27-16(14)18)25-17(23-3)24-8-4-13-5-9-26(10-6-13)12-19(20,21)22/h13-16H,4-12H2,1-3H3,(H2,23,24,25). The van der Waals surface area contributed by atoms with Crippen LogP contribution in [0.25, 0.3) is 0 Å². The SMILES string of the molecule is CN=C(NCCC1CCN(CC(F)(F)F)CC1)NC1C2CCOC2C1(C)C. The van der Waals surface area contributed by atoms with Crippen LogP contribution in [0, 0.1) is 17.3 Å². The van der Waals surface area contributed by atoms with Crippen LogP contribution in [0.4, 0.5) is 13.2 Å². The van der Waals surface area contributed by atoms with Crippen molar-refractivity contribution < 1.29 is 17.9 Å². The summed E-state index contributed by atoms with van der Waals surface area (Å²) in [4.78, 5) is 5.86. The van der Waals surface area contributed by atoms with E-state index in [4.69, 9.17) is 4.74 Å². The molecule has 1 aliphatic carbocycles. The van der Waals surface area contributed by atoms with Crippen molar-refractivity contribution in [2.24, 2.45) is 22.2 Å². The number of alkyl halides is 3. The summed E-state index contributed by atoms with van der Waals surface area (Å²) in [6.07, 6.45) is -0.0232. The summed E-state index contributed by atoms with van der Waals surface area (Å²) in [6.45, 7) is 6.40. The quantitative estimate of drug-likeness (QED) is 0.560. The fraction of sp³-hybridized carbons (Fsp3) is 0.947. The van der Waals surface area contributed by atoms with Gasteiger partial charge in [-0.25, -0.2) is 0 Å². The molecule has 0 radical (unpaired) electrons. The molecule has 2 saturated heterocycles. The van der Waals surface area contributed by atoms with Crippen LogP contribution in [-0.4, -0.2) is 69.0 Å². The van der Waals surface area contributed by atoms with E-state index in [0.29, 0.717) is 37.1 Å². The lowest BCUT2D eigenvalue weighted by Crippen LogP contribution is -2.68. The normalized spacial score (nSPS) is 32.1. The highest BCUT2D eigenvalue weighted by Crippen LogP contribution is 2.52. The van der Waals surface area contributed by atoms with E-state index in [-0.39, 0.29) is 5.41 Å². The number of likely N-dealkylation sites (tertiary alicyclic amines) is 1. The van der Waals surface area contributed by atoms with Gasteiger partial charge in [0.15, 0.2) is 5.96 Å². The molecule has 27 heavy (non-hydrogen) atoms. The first kappa shape index (κ1) is 20.7. The van der Waals surface area contributed by atoms with Crippen LogP contribution >= 0.6 is 0 Å². The molecule has 3 unspecified atom stereocenters. The van der Waals surface area contributed by atoms with Crippen LogP contribution in [-0.2, 0) is 4.74 Å². The van der Waals surface area contributed by atoms with Crippen LogP contribution in [0.5, 0.6) is 0 Å². The average molecular weight is 390 g/mol. The van der Waals surface area contributed by atoms with Crippen molar-refractivity contribution in [2.45, 2.75) is 57.9 Å². The molecule has 5 nitrogen and oxygen atoms in total. The number of fused-ring (bicyclic) bond motifs is 1. The number of piperidine rings is 1. The lowest BCUT2D eigenvalue weighted by Gasteiger charge is -2.54. The van der Waals surface area contributed by atoms with Crippen LogP contribution in [0.2, 0.25) is 0 Å². The highest BCUT2D eigenvalue weighted by atomic mass is 19.4. The van der Waals surface area contributed by atoms with Crippen molar-refractivity contribution in [2.75, 3.05) is 39.8 Å². The van der Waals surface area contributed by atoms with Crippen molar-refractivity contribution in [3.05, 3.63) is 0 Å². The number of ether oxygens (including phenoxy) is 1. The van der Waals surface area contributed by atoms with Gasteiger partial charge in [0.25, 0.3) is 0 Å². The van der Waals surface area contributed by atoms with Crippen molar-refractivity contribution in [1.82, 2.24) is 15.5 Å². The number of halogens is 3. The van der Waals surface area contributed by atoms with Gasteiger partial charge in [0.05, 0.1) is 12.6 Å². The largest absolute Gasteiger partial charge is 0.401 e. The summed E-state index contributed by atoms with van der Waals surface area (Å²) in [6, 6.07) is 0.363. The highest BCUT2D eigenvalue weighted by Gasteiger charge is 2.59. The Bertz CT molecular complexity index is 530. The molecule has 2 N–H and O–H groups in total. The van der Waals surface area contributed by atoms with Crippen molar-refractivity contribution >= 4 is 5.96 Å². The highest BCUT2D eigenvalue weighted by molar-refractivity contribution is 5.80. The third-order valence-corrected chi connectivity index (χ3v) is 6.57. The van der Waals surface area contributed by atoms with Crippen molar-refractivity contribution in [3.63, 3.8) is 0 Å². The fourth-order valence-corrected chi connectivity index (χ4v) is 5.04. The average Bonchev–Trinajstić information content (AvgIpc) is 3.05. The molecule has 0 aromatic rings. The summed E-state index contributed by atoms with van der Waals surface area (Å²) in [5.74, 6) is 1.84. The molecule has 3 aliphatic rings. The van der Waals surface area contributed by atoms with Gasteiger partial charge in [-0.3, -0.25) is 9.89 Å². The van der Waals surface area contributed by atoms with E-state index in [1.807, 2.05) is 0 Å². The van der Waals surface area contributed by atoms with Gasteiger partial charge >= 0.3 is 6.18 Å². The van der Waals surface area contributed by atoms with Gasteiger partial charge in [-0.2, -0.15) is 13.2 Å². The van der Waals surface area contributed by atoms with Gasteiger partial charge < -0.3 is 15.4 Å². The minimum absolute atomic E-state index is 0.101. The Morgan fingerprint density at radius 3 is 2.56 bits per heavy atom. The molecular formula is C19H33F3N4O. The van der Waals surface area contributed by atoms with Crippen molar-refractivity contribution in [3.8, 4) is 0 Å². The molecule has 0 aromatic heterocycles. The number of rotatable bonds is 5. The number of nitrogens with zero attached hydrogens (tertiary/aromatic N) is 2. The van der Waals surface area contributed by atoms with Crippen LogP contribution in [0.3, 0.4) is 0 Å². The molecule has 0 aromatic carbocycles. The topological polar surface area (TPSA) is 48.9 Å². The second-order valence-corrected chi connectivity index (χ2v) is 8.81. The van der Waals surface area contributed by atoms with Gasteiger partial charge in [-0.1, -0.05) is 13.8 Å². The first-order valence-electron chi connectivity index (χ1n) is 10.1. The lowest BCUT2D eigenvalue weighted by molar-refractivity contribution is -0.148. The van der Waals surface area contributed by atoms with Crippen LogP contribution in [0.1, 0.15) is 39.5 Å². The maximum atomic E-state index is 12.5. The summed E-state index contributed by atoms with van der Waals surface area (Å²) < 4.78 is 43.2. The Labute approximate surface area is 160 Å². The van der Waals surface area contributed by atoms with Gasteiger partial charge in [-0.05, 0) is 44.7 Å². The van der Waals surface area contributed by atoms with Crippen LogP contribution in [0.15, 0.2) is 4.99 Å². The number of nitrogens with one attached hydrogen (secondary N) is 2. The third-order valence-electron chi connectivity index (χ3n) is 6.57. The monoisotopic (exact) mass is 390 g/mol. The zero-order valence-corrected chi connectivity index (χ0v) is 16.6. The fourth-order valence-electron chi connectivity index (χ4n) is 5.04. The first-order chi connectivity index (χ1) is 12.7. The van der Waals surface area contributed by atoms with Gasteiger partial charge in [0.1, 0.15) is 0 Å². The predicted molar refractivity (Wildman–Crippen MR) is 99.7 cm³/mol. The van der Waals surface area contributed by atoms with Gasteiger partial charge in [0, 0.05) is 37.6 Å². The molecule has 3 atom stereocenters. The molecule has 3 fully saturated rings. The number of aliphatic imine (C=N–C) groups is 1. The Hall–Kier alpha value is -1.02. The summed E-state index contributed by atoms with van der Waals surface area (Å²) in [5.41, 5.74) is 0.101. The predicted octanol–water partition coefficient (Wildman–Crippen LogP) is 2.63. The lowest BCUT2D eigenvalue weighted by atomic mass is 9.57. The van der Waals surface area contributed by atoms with Gasteiger partial charge in [0.2, 0.25) is 0 Å². The molecule has 0 spiro atoms. The molecule has 156 valence electrons. The zero-order valence-electron chi connectivity index (χ0n) is 16.6. The molecule has 2 heterocycles. The van der Waals surface area contributed by atoms with E-state index in [2.05, 4.69) is 29.5 Å². The zero-order chi connectivity index (χ0) is 19.7. The van der Waals surface area contributed by atoms with E-state index in [9.17, 15) is 13.2 Å². The maximum Gasteiger partial charge on any atom is 0.401 e. The Balaban J connectivity index is 1.36. The Kier molecular flexibility index (Phi) is 6.25. The molecule has 3 rings (SSSR count). The second-order valence-electron chi connectivity index (χ2n) is 8.81. The van der Waals surface area contributed by atoms with E-state index >= 15 is 0 Å². The summed E-state index contributed by atoms with van der Waals surface area (Å²) in [5, 5.41) is 6.95. The number of guanidine groups is 1. The smallest absolute Gasteiger partial charge is 0.377 e. The molecule has 0 amide bonds. The second kappa shape index (κ2) is 8.15. The van der Waals surface area contributed by atoms with Crippen molar-refractivity contribution in [1.29, 1.82) is 0 Å². The summed E-state index contributed by atoms with van der Waals surface area (Å²) >= 11 is 0. The minimum Gasteiger partial charge on any atom is -0.377 e. The Morgan fingerprint density at radius 1 is 1.22 bits per heavy atom. The van der Waals surface area contributed by atoms with E-state index < -0.39 is 12.7 Å². The third kappa shape index (κ3) is 4.88. The van der Waals surface area contributed by atoms with E-state index in [1.54, 1.807) is 7.05 Å². The number of hydrogen-bond donors (Lipinski definition) is 2. The molecule has 0 bridgehead atoms. The van der Waals surface area contributed by atoms with Crippen LogP contribution < -0.4 is 10.6 Å². The maximum absolute atomic E-state index is 12.5. The van der Waals surface area contributed by atoms with Gasteiger partial charge in [-0.15, -0.1) is 0 Å².